The average Bonchev–Trinajstić information content (AvgIpc) is 3.12. The first-order valence-electron chi connectivity index (χ1n) is 11.2. The van der Waals surface area contributed by atoms with Crippen LogP contribution in [0, 0.1) is 0 Å². The fourth-order valence-corrected chi connectivity index (χ4v) is 5.14. The molecule has 0 radical (unpaired) electrons. The van der Waals surface area contributed by atoms with Crippen molar-refractivity contribution in [3.05, 3.63) is 83.7 Å². The largest absolute Gasteiger partial charge is 0.380 e. The lowest BCUT2D eigenvalue weighted by atomic mass is 9.87. The molecule has 4 heteroatoms. The minimum Gasteiger partial charge on any atom is -0.380 e. The number of benzene rings is 2. The van der Waals surface area contributed by atoms with E-state index in [0.29, 0.717) is 6.04 Å². The zero-order valence-corrected chi connectivity index (χ0v) is 17.3. The molecule has 2 N–H and O–H groups in total. The first-order chi connectivity index (χ1) is 14.8. The number of nitrogens with one attached hydrogen (secondary N) is 2. The molecule has 1 fully saturated rings. The fourth-order valence-electron chi connectivity index (χ4n) is 5.14. The first-order valence-corrected chi connectivity index (χ1v) is 11.2. The predicted molar refractivity (Wildman–Crippen MR) is 122 cm³/mol. The molecular weight excluding hydrogens is 370 g/mol. The van der Waals surface area contributed by atoms with Crippen LogP contribution in [0.25, 0.3) is 0 Å². The SMILES string of the molecule is O=C1NC2=CCCCC2=C1N(c1ccccc1)[C@@H]1CCCC[C@H]1Nc1ccccc1. The summed E-state index contributed by atoms with van der Waals surface area (Å²) < 4.78 is 0. The molecule has 1 saturated carbocycles. The number of carbonyl (C=O) groups excluding carboxylic acids is 1. The maximum Gasteiger partial charge on any atom is 0.272 e. The molecule has 0 aromatic heterocycles. The van der Waals surface area contributed by atoms with Crippen molar-refractivity contribution in [1.82, 2.24) is 5.32 Å². The van der Waals surface area contributed by atoms with Crippen molar-refractivity contribution < 1.29 is 4.79 Å². The van der Waals surface area contributed by atoms with Gasteiger partial charge in [-0.2, -0.15) is 0 Å². The van der Waals surface area contributed by atoms with Gasteiger partial charge in [-0.15, -0.1) is 0 Å². The number of fused-ring (bicyclic) bond motifs is 1. The minimum absolute atomic E-state index is 0.0473. The van der Waals surface area contributed by atoms with Crippen molar-refractivity contribution in [2.75, 3.05) is 10.2 Å². The van der Waals surface area contributed by atoms with Gasteiger partial charge in [0.05, 0.1) is 6.04 Å². The van der Waals surface area contributed by atoms with E-state index in [1.807, 2.05) is 12.1 Å². The number of carbonyl (C=O) groups is 1. The Kier molecular flexibility index (Phi) is 5.31. The molecule has 0 bridgehead atoms. The minimum atomic E-state index is 0.0473. The summed E-state index contributed by atoms with van der Waals surface area (Å²) in [7, 11) is 0. The fraction of sp³-hybridized carbons (Fsp3) is 0.346. The second kappa shape index (κ2) is 8.39. The van der Waals surface area contributed by atoms with E-state index in [0.717, 1.165) is 54.9 Å². The lowest BCUT2D eigenvalue weighted by Gasteiger charge is -2.42. The summed E-state index contributed by atoms with van der Waals surface area (Å²) in [4.78, 5) is 15.5. The summed E-state index contributed by atoms with van der Waals surface area (Å²) in [6, 6.07) is 21.4. The highest BCUT2D eigenvalue weighted by molar-refractivity contribution is 6.03. The number of hydrogen-bond acceptors (Lipinski definition) is 3. The maximum atomic E-state index is 13.2. The molecule has 2 aliphatic carbocycles. The van der Waals surface area contributed by atoms with Gasteiger partial charge in [0, 0.05) is 28.7 Å². The molecule has 4 nitrogen and oxygen atoms in total. The molecule has 30 heavy (non-hydrogen) atoms. The third-order valence-electron chi connectivity index (χ3n) is 6.52. The highest BCUT2D eigenvalue weighted by Crippen LogP contribution is 2.38. The van der Waals surface area contributed by atoms with Crippen molar-refractivity contribution in [2.45, 2.75) is 57.0 Å². The summed E-state index contributed by atoms with van der Waals surface area (Å²) in [5.74, 6) is 0.0473. The Balaban J connectivity index is 1.57. The normalized spacial score (nSPS) is 23.5. The van der Waals surface area contributed by atoms with Crippen LogP contribution in [0.1, 0.15) is 44.9 Å². The van der Waals surface area contributed by atoms with E-state index in [9.17, 15) is 4.79 Å². The smallest absolute Gasteiger partial charge is 0.272 e. The van der Waals surface area contributed by atoms with E-state index >= 15 is 0 Å². The summed E-state index contributed by atoms with van der Waals surface area (Å²) in [6.07, 6.45) is 9.88. The highest BCUT2D eigenvalue weighted by atomic mass is 16.2. The lowest BCUT2D eigenvalue weighted by molar-refractivity contribution is -0.116. The molecule has 2 aromatic carbocycles. The van der Waals surface area contributed by atoms with Gasteiger partial charge < -0.3 is 15.5 Å². The van der Waals surface area contributed by atoms with Gasteiger partial charge in [0.2, 0.25) is 0 Å². The molecule has 0 unspecified atom stereocenters. The van der Waals surface area contributed by atoms with Gasteiger partial charge in [-0.1, -0.05) is 55.3 Å². The Labute approximate surface area is 178 Å². The van der Waals surface area contributed by atoms with E-state index in [1.54, 1.807) is 0 Å². The van der Waals surface area contributed by atoms with Crippen molar-refractivity contribution in [3.63, 3.8) is 0 Å². The quantitative estimate of drug-likeness (QED) is 0.711. The molecule has 3 aliphatic rings. The molecule has 1 heterocycles. The maximum absolute atomic E-state index is 13.2. The molecule has 0 spiro atoms. The summed E-state index contributed by atoms with van der Waals surface area (Å²) >= 11 is 0. The van der Waals surface area contributed by atoms with Crippen LogP contribution in [0.5, 0.6) is 0 Å². The third kappa shape index (κ3) is 3.62. The van der Waals surface area contributed by atoms with Gasteiger partial charge in [0.25, 0.3) is 5.91 Å². The first kappa shape index (κ1) is 19.0. The van der Waals surface area contributed by atoms with Crippen LogP contribution in [0.3, 0.4) is 0 Å². The van der Waals surface area contributed by atoms with Crippen LogP contribution in [-0.2, 0) is 4.79 Å². The van der Waals surface area contributed by atoms with Crippen LogP contribution in [0.2, 0.25) is 0 Å². The Morgan fingerprint density at radius 2 is 1.63 bits per heavy atom. The van der Waals surface area contributed by atoms with Crippen LogP contribution in [0.15, 0.2) is 83.7 Å². The van der Waals surface area contributed by atoms with Crippen molar-refractivity contribution in [2.24, 2.45) is 0 Å². The van der Waals surface area contributed by atoms with Crippen molar-refractivity contribution in [1.29, 1.82) is 0 Å². The zero-order valence-electron chi connectivity index (χ0n) is 17.3. The number of rotatable bonds is 5. The highest BCUT2D eigenvalue weighted by Gasteiger charge is 2.39. The van der Waals surface area contributed by atoms with Gasteiger partial charge >= 0.3 is 0 Å². The summed E-state index contributed by atoms with van der Waals surface area (Å²) in [5, 5.41) is 6.93. The van der Waals surface area contributed by atoms with Crippen molar-refractivity contribution >= 4 is 17.3 Å². The number of hydrogen-bond donors (Lipinski definition) is 2. The zero-order chi connectivity index (χ0) is 20.3. The van der Waals surface area contributed by atoms with Gasteiger partial charge in [-0.3, -0.25) is 4.79 Å². The van der Waals surface area contributed by atoms with E-state index in [4.69, 9.17) is 0 Å². The Morgan fingerprint density at radius 1 is 0.900 bits per heavy atom. The molecule has 5 rings (SSSR count). The second-order valence-corrected chi connectivity index (χ2v) is 8.47. The molecule has 2 aromatic rings. The molecule has 1 amide bonds. The second-order valence-electron chi connectivity index (χ2n) is 8.47. The van der Waals surface area contributed by atoms with E-state index in [1.165, 1.54) is 18.4 Å². The van der Waals surface area contributed by atoms with Crippen LogP contribution >= 0.6 is 0 Å². The third-order valence-corrected chi connectivity index (χ3v) is 6.52. The predicted octanol–water partition coefficient (Wildman–Crippen LogP) is 5.37. The monoisotopic (exact) mass is 399 g/mol. The number of allylic oxidation sites excluding steroid dienone is 2. The standard InChI is InChI=1S/C26H29N3O/c30-26-25(21-15-7-8-16-22(21)28-26)29(20-13-5-2-6-14-20)24-18-10-9-17-23(24)27-19-11-3-1-4-12-19/h1-6,11-14,16,23-24,27H,7-10,15,17-18H2,(H,28,30)/t23-,24-/m1/s1. The van der Waals surface area contributed by atoms with Crippen LogP contribution in [-0.4, -0.2) is 18.0 Å². The Hall–Kier alpha value is -3.01. The van der Waals surface area contributed by atoms with Gasteiger partial charge in [-0.05, 0) is 56.4 Å². The lowest BCUT2D eigenvalue weighted by Crippen LogP contribution is -2.50. The number of anilines is 2. The van der Waals surface area contributed by atoms with E-state index in [-0.39, 0.29) is 11.9 Å². The molecule has 1 aliphatic heterocycles. The molecule has 154 valence electrons. The van der Waals surface area contributed by atoms with Crippen molar-refractivity contribution in [3.8, 4) is 0 Å². The Bertz CT molecular complexity index is 964. The molecular formula is C26H29N3O. The van der Waals surface area contributed by atoms with Gasteiger partial charge in [-0.25, -0.2) is 0 Å². The topological polar surface area (TPSA) is 44.4 Å². The van der Waals surface area contributed by atoms with Crippen LogP contribution in [0.4, 0.5) is 11.4 Å². The van der Waals surface area contributed by atoms with Gasteiger partial charge in [0.1, 0.15) is 5.70 Å². The van der Waals surface area contributed by atoms with Crippen LogP contribution < -0.4 is 15.5 Å². The summed E-state index contributed by atoms with van der Waals surface area (Å²) in [6.45, 7) is 0. The average molecular weight is 400 g/mol. The Morgan fingerprint density at radius 3 is 2.43 bits per heavy atom. The molecule has 0 saturated heterocycles. The van der Waals surface area contributed by atoms with Gasteiger partial charge in [0.15, 0.2) is 0 Å². The number of para-hydroxylation sites is 2. The number of nitrogens with zero attached hydrogens (tertiary/aromatic N) is 1. The van der Waals surface area contributed by atoms with E-state index < -0.39 is 0 Å². The van der Waals surface area contributed by atoms with E-state index in [2.05, 4.69) is 70.1 Å². The molecule has 2 atom stereocenters. The number of amides is 1. The summed E-state index contributed by atoms with van der Waals surface area (Å²) in [5.41, 5.74) is 5.34.